The number of nitrogens with zero attached hydrogens (tertiary/aromatic N) is 6. The van der Waals surface area contributed by atoms with E-state index in [1.165, 1.54) is 0 Å². The summed E-state index contributed by atoms with van der Waals surface area (Å²) in [6.45, 7) is 17.4. The SMILES string of the molecule is CN1CCN(Cc2nnnn2C(C)(C)C)CC1C(C)(C)C. The third-order valence-electron chi connectivity index (χ3n) is 4.27. The molecule has 1 aliphatic rings. The first-order chi connectivity index (χ1) is 9.59. The van der Waals surface area contributed by atoms with Crippen molar-refractivity contribution in [1.82, 2.24) is 30.0 Å². The first kappa shape index (κ1) is 16.4. The number of tetrazole rings is 1. The van der Waals surface area contributed by atoms with Gasteiger partial charge in [0.15, 0.2) is 5.82 Å². The molecule has 21 heavy (non-hydrogen) atoms. The minimum absolute atomic E-state index is 0.0746. The highest BCUT2D eigenvalue weighted by molar-refractivity contribution is 4.92. The largest absolute Gasteiger partial charge is 0.300 e. The van der Waals surface area contributed by atoms with E-state index in [0.717, 1.165) is 32.0 Å². The van der Waals surface area contributed by atoms with Crippen LogP contribution >= 0.6 is 0 Å². The van der Waals surface area contributed by atoms with Crippen LogP contribution in [-0.4, -0.2) is 62.7 Å². The maximum absolute atomic E-state index is 4.23. The lowest BCUT2D eigenvalue weighted by Gasteiger charge is -2.45. The third kappa shape index (κ3) is 3.80. The number of piperazine rings is 1. The zero-order chi connectivity index (χ0) is 15.8. The highest BCUT2D eigenvalue weighted by Crippen LogP contribution is 2.27. The van der Waals surface area contributed by atoms with Gasteiger partial charge < -0.3 is 4.90 Å². The van der Waals surface area contributed by atoms with Crippen molar-refractivity contribution < 1.29 is 0 Å². The van der Waals surface area contributed by atoms with Gasteiger partial charge in [0, 0.05) is 25.7 Å². The summed E-state index contributed by atoms with van der Waals surface area (Å²) < 4.78 is 1.94. The maximum Gasteiger partial charge on any atom is 0.165 e. The summed E-state index contributed by atoms with van der Waals surface area (Å²) in [5.74, 6) is 0.958. The molecule has 1 unspecified atom stereocenters. The molecule has 1 aliphatic heterocycles. The van der Waals surface area contributed by atoms with Gasteiger partial charge in [-0.1, -0.05) is 20.8 Å². The Labute approximate surface area is 128 Å². The van der Waals surface area contributed by atoms with E-state index in [2.05, 4.69) is 73.9 Å². The second-order valence-electron chi connectivity index (χ2n) is 8.28. The van der Waals surface area contributed by atoms with Crippen LogP contribution in [0.25, 0.3) is 0 Å². The molecular formula is C15H30N6. The molecule has 1 aromatic heterocycles. The maximum atomic E-state index is 4.23. The van der Waals surface area contributed by atoms with E-state index in [9.17, 15) is 0 Å². The molecule has 1 saturated heterocycles. The number of hydrogen-bond acceptors (Lipinski definition) is 5. The number of likely N-dealkylation sites (N-methyl/N-ethyl adjacent to an activating group) is 1. The zero-order valence-corrected chi connectivity index (χ0v) is 14.6. The van der Waals surface area contributed by atoms with E-state index in [0.29, 0.717) is 6.04 Å². The van der Waals surface area contributed by atoms with E-state index in [-0.39, 0.29) is 11.0 Å². The van der Waals surface area contributed by atoms with E-state index in [1.54, 1.807) is 0 Å². The molecule has 0 bridgehead atoms. The van der Waals surface area contributed by atoms with Gasteiger partial charge in [0.2, 0.25) is 0 Å². The van der Waals surface area contributed by atoms with Crippen molar-refractivity contribution in [1.29, 1.82) is 0 Å². The Morgan fingerprint density at radius 2 is 1.76 bits per heavy atom. The zero-order valence-electron chi connectivity index (χ0n) is 14.6. The summed E-state index contributed by atoms with van der Waals surface area (Å²) in [4.78, 5) is 4.95. The summed E-state index contributed by atoms with van der Waals surface area (Å²) in [7, 11) is 2.23. The van der Waals surface area contributed by atoms with Gasteiger partial charge in [0.25, 0.3) is 0 Å². The molecule has 0 radical (unpaired) electrons. The average molecular weight is 294 g/mol. The van der Waals surface area contributed by atoms with Crippen molar-refractivity contribution in [3.63, 3.8) is 0 Å². The van der Waals surface area contributed by atoms with Crippen LogP contribution in [0.1, 0.15) is 47.4 Å². The van der Waals surface area contributed by atoms with E-state index >= 15 is 0 Å². The van der Waals surface area contributed by atoms with Gasteiger partial charge in [-0.05, 0) is 43.7 Å². The molecule has 2 rings (SSSR count). The molecule has 1 aromatic rings. The van der Waals surface area contributed by atoms with Crippen LogP contribution in [0.4, 0.5) is 0 Å². The van der Waals surface area contributed by atoms with Crippen molar-refractivity contribution in [2.45, 2.75) is 59.7 Å². The van der Waals surface area contributed by atoms with Crippen LogP contribution < -0.4 is 0 Å². The van der Waals surface area contributed by atoms with Gasteiger partial charge in [-0.25, -0.2) is 4.68 Å². The molecule has 0 N–H and O–H groups in total. The molecule has 120 valence electrons. The highest BCUT2D eigenvalue weighted by Gasteiger charge is 2.34. The smallest absolute Gasteiger partial charge is 0.165 e. The second-order valence-corrected chi connectivity index (χ2v) is 8.28. The van der Waals surface area contributed by atoms with Crippen molar-refractivity contribution in [2.24, 2.45) is 5.41 Å². The van der Waals surface area contributed by atoms with Crippen molar-refractivity contribution in [3.8, 4) is 0 Å². The van der Waals surface area contributed by atoms with E-state index < -0.39 is 0 Å². The first-order valence-corrected chi connectivity index (χ1v) is 7.79. The number of rotatable bonds is 2. The number of hydrogen-bond donors (Lipinski definition) is 0. The lowest BCUT2D eigenvalue weighted by molar-refractivity contribution is 0.0280. The number of aromatic nitrogens is 4. The Bertz CT molecular complexity index is 467. The van der Waals surface area contributed by atoms with Crippen molar-refractivity contribution in [3.05, 3.63) is 5.82 Å². The molecule has 0 aliphatic carbocycles. The molecule has 0 aromatic carbocycles. The molecule has 6 nitrogen and oxygen atoms in total. The fraction of sp³-hybridized carbons (Fsp3) is 0.933. The minimum Gasteiger partial charge on any atom is -0.300 e. The molecule has 6 heteroatoms. The predicted octanol–water partition coefficient (Wildman–Crippen LogP) is 1.59. The molecule has 0 saturated carbocycles. The fourth-order valence-electron chi connectivity index (χ4n) is 3.03. The lowest BCUT2D eigenvalue weighted by atomic mass is 9.84. The van der Waals surface area contributed by atoms with Crippen LogP contribution in [0.15, 0.2) is 0 Å². The highest BCUT2D eigenvalue weighted by atomic mass is 15.6. The summed E-state index contributed by atoms with van der Waals surface area (Å²) in [6, 6.07) is 0.560. The van der Waals surface area contributed by atoms with Crippen LogP contribution in [0.2, 0.25) is 0 Å². The van der Waals surface area contributed by atoms with Gasteiger partial charge in [-0.2, -0.15) is 0 Å². The Morgan fingerprint density at radius 1 is 1.10 bits per heavy atom. The minimum atomic E-state index is -0.0746. The van der Waals surface area contributed by atoms with Gasteiger partial charge in [0.1, 0.15) is 0 Å². The fourth-order valence-corrected chi connectivity index (χ4v) is 3.03. The second kappa shape index (κ2) is 5.65. The quantitative estimate of drug-likeness (QED) is 0.829. The Hall–Kier alpha value is -1.01. The van der Waals surface area contributed by atoms with Gasteiger partial charge in [-0.3, -0.25) is 4.90 Å². The van der Waals surface area contributed by atoms with Crippen molar-refractivity contribution in [2.75, 3.05) is 26.7 Å². The lowest BCUT2D eigenvalue weighted by Crippen LogP contribution is -2.56. The molecule has 0 spiro atoms. The van der Waals surface area contributed by atoms with E-state index in [1.807, 2.05) is 4.68 Å². The standard InChI is InChI=1S/C15H30N6/c1-14(2,3)12-10-20(9-8-19(12)7)11-13-16-17-18-21(13)15(4,5)6/h12H,8-11H2,1-7H3. The van der Waals surface area contributed by atoms with Gasteiger partial charge in [0.05, 0.1) is 12.1 Å². The van der Waals surface area contributed by atoms with Crippen LogP contribution in [0.3, 0.4) is 0 Å². The van der Waals surface area contributed by atoms with Crippen molar-refractivity contribution >= 4 is 0 Å². The molecular weight excluding hydrogens is 264 g/mol. The first-order valence-electron chi connectivity index (χ1n) is 7.79. The molecule has 0 amide bonds. The van der Waals surface area contributed by atoms with Gasteiger partial charge in [-0.15, -0.1) is 5.10 Å². The predicted molar refractivity (Wildman–Crippen MR) is 84.0 cm³/mol. The average Bonchev–Trinajstić information content (AvgIpc) is 2.78. The van der Waals surface area contributed by atoms with Crippen LogP contribution in [0, 0.1) is 5.41 Å². The van der Waals surface area contributed by atoms with Crippen LogP contribution in [0.5, 0.6) is 0 Å². The topological polar surface area (TPSA) is 50.1 Å². The Morgan fingerprint density at radius 3 is 2.33 bits per heavy atom. The Balaban J connectivity index is 2.09. The van der Waals surface area contributed by atoms with E-state index in [4.69, 9.17) is 0 Å². The van der Waals surface area contributed by atoms with Crippen LogP contribution in [-0.2, 0) is 12.1 Å². The van der Waals surface area contributed by atoms with Gasteiger partial charge >= 0.3 is 0 Å². The monoisotopic (exact) mass is 294 g/mol. The summed E-state index contributed by atoms with van der Waals surface area (Å²) in [5, 5.41) is 12.2. The molecule has 1 fully saturated rings. The Kier molecular flexibility index (Phi) is 4.40. The summed E-state index contributed by atoms with van der Waals surface area (Å²) in [6.07, 6.45) is 0. The normalized spacial score (nSPS) is 22.7. The molecule has 1 atom stereocenters. The summed E-state index contributed by atoms with van der Waals surface area (Å²) in [5.41, 5.74) is 0.207. The molecule has 2 heterocycles. The third-order valence-corrected chi connectivity index (χ3v) is 4.27. The summed E-state index contributed by atoms with van der Waals surface area (Å²) >= 11 is 0.